The van der Waals surface area contributed by atoms with Crippen molar-refractivity contribution >= 4 is 0 Å². The third kappa shape index (κ3) is 6.51. The fourth-order valence-electron chi connectivity index (χ4n) is 2.34. The lowest BCUT2D eigenvalue weighted by Gasteiger charge is -2.06. The van der Waals surface area contributed by atoms with Gasteiger partial charge in [-0.05, 0) is 30.5 Å². The summed E-state index contributed by atoms with van der Waals surface area (Å²) < 4.78 is 5.12. The topological polar surface area (TPSA) is 29.5 Å². The van der Waals surface area contributed by atoms with Crippen LogP contribution < -0.4 is 4.74 Å². The van der Waals surface area contributed by atoms with E-state index in [1.165, 1.54) is 56.9 Å². The number of ether oxygens (including phenoxy) is 1. The molecule has 0 saturated heterocycles. The van der Waals surface area contributed by atoms with Crippen molar-refractivity contribution in [3.05, 3.63) is 23.8 Å². The van der Waals surface area contributed by atoms with Crippen LogP contribution in [0.25, 0.3) is 0 Å². The molecule has 0 aliphatic heterocycles. The van der Waals surface area contributed by atoms with Gasteiger partial charge in [0.15, 0.2) is 11.5 Å². The van der Waals surface area contributed by atoms with Gasteiger partial charge in [-0.2, -0.15) is 0 Å². The van der Waals surface area contributed by atoms with Gasteiger partial charge in [0.25, 0.3) is 0 Å². The van der Waals surface area contributed by atoms with Crippen LogP contribution in [0.2, 0.25) is 0 Å². The highest BCUT2D eigenvalue weighted by molar-refractivity contribution is 5.41. The summed E-state index contributed by atoms with van der Waals surface area (Å²) in [5, 5.41) is 9.52. The smallest absolute Gasteiger partial charge is 0.160 e. The summed E-state index contributed by atoms with van der Waals surface area (Å²) in [6, 6.07) is 5.65. The van der Waals surface area contributed by atoms with Gasteiger partial charge in [-0.15, -0.1) is 0 Å². The van der Waals surface area contributed by atoms with Crippen molar-refractivity contribution in [2.45, 2.75) is 64.7 Å². The summed E-state index contributed by atoms with van der Waals surface area (Å²) in [5.74, 6) is 0.805. The van der Waals surface area contributed by atoms with Crippen LogP contribution in [0.1, 0.15) is 63.9 Å². The van der Waals surface area contributed by atoms with Gasteiger partial charge in [0.05, 0.1) is 7.11 Å². The van der Waals surface area contributed by atoms with Gasteiger partial charge < -0.3 is 9.84 Å². The number of phenols is 1. The first kappa shape index (κ1) is 15.9. The zero-order chi connectivity index (χ0) is 13.9. The molecule has 1 N–H and O–H groups in total. The molecular weight excluding hydrogens is 236 g/mol. The highest BCUT2D eigenvalue weighted by Gasteiger charge is 2.02. The van der Waals surface area contributed by atoms with Crippen molar-refractivity contribution < 1.29 is 9.84 Å². The monoisotopic (exact) mass is 264 g/mol. The van der Waals surface area contributed by atoms with Crippen molar-refractivity contribution in [2.75, 3.05) is 7.11 Å². The second kappa shape index (κ2) is 9.71. The zero-order valence-corrected chi connectivity index (χ0v) is 12.5. The lowest BCUT2D eigenvalue weighted by molar-refractivity contribution is 0.373. The minimum absolute atomic E-state index is 0.224. The van der Waals surface area contributed by atoms with Gasteiger partial charge in [0, 0.05) is 0 Å². The molecule has 0 bridgehead atoms. The van der Waals surface area contributed by atoms with Crippen molar-refractivity contribution in [3.63, 3.8) is 0 Å². The Bertz CT molecular complexity index is 347. The molecule has 0 aliphatic carbocycles. The second-order valence-electron chi connectivity index (χ2n) is 5.23. The molecule has 0 spiro atoms. The predicted octanol–water partition coefficient (Wildman–Crippen LogP) is 5.08. The number of hydrogen-bond donors (Lipinski definition) is 1. The summed E-state index contributed by atoms with van der Waals surface area (Å²) in [6.07, 6.45) is 11.8. The average Bonchev–Trinajstić information content (AvgIpc) is 2.43. The number of hydrogen-bond acceptors (Lipinski definition) is 2. The zero-order valence-electron chi connectivity index (χ0n) is 12.5. The second-order valence-corrected chi connectivity index (χ2v) is 5.23. The molecule has 0 amide bonds. The van der Waals surface area contributed by atoms with Crippen LogP contribution >= 0.6 is 0 Å². The molecule has 0 aromatic heterocycles. The number of aromatic hydroxyl groups is 1. The average molecular weight is 264 g/mol. The van der Waals surface area contributed by atoms with Crippen LogP contribution in [0, 0.1) is 0 Å². The van der Waals surface area contributed by atoms with Crippen molar-refractivity contribution in [1.82, 2.24) is 0 Å². The molecule has 19 heavy (non-hydrogen) atoms. The van der Waals surface area contributed by atoms with Crippen molar-refractivity contribution in [3.8, 4) is 11.5 Å². The third-order valence-corrected chi connectivity index (χ3v) is 3.56. The Morgan fingerprint density at radius 1 is 0.947 bits per heavy atom. The number of phenolic OH excluding ortho intramolecular Hbond substituents is 1. The van der Waals surface area contributed by atoms with Crippen LogP contribution in [0.5, 0.6) is 11.5 Å². The fourth-order valence-corrected chi connectivity index (χ4v) is 2.34. The lowest BCUT2D eigenvalue weighted by atomic mass is 10.0. The maximum Gasteiger partial charge on any atom is 0.160 e. The number of rotatable bonds is 10. The van der Waals surface area contributed by atoms with E-state index in [0.717, 1.165) is 6.42 Å². The van der Waals surface area contributed by atoms with Crippen LogP contribution in [0.15, 0.2) is 18.2 Å². The van der Waals surface area contributed by atoms with Gasteiger partial charge in [0.1, 0.15) is 0 Å². The third-order valence-electron chi connectivity index (χ3n) is 3.56. The van der Waals surface area contributed by atoms with E-state index >= 15 is 0 Å². The van der Waals surface area contributed by atoms with E-state index in [2.05, 4.69) is 6.92 Å². The van der Waals surface area contributed by atoms with Crippen LogP contribution in [0.4, 0.5) is 0 Å². The first-order valence-corrected chi connectivity index (χ1v) is 7.63. The molecule has 0 unspecified atom stereocenters. The number of unbranched alkanes of at least 4 members (excludes halogenated alkanes) is 7. The van der Waals surface area contributed by atoms with Gasteiger partial charge in [-0.25, -0.2) is 0 Å². The maximum atomic E-state index is 9.52. The van der Waals surface area contributed by atoms with Gasteiger partial charge in [-0.1, -0.05) is 57.9 Å². The first-order chi connectivity index (χ1) is 9.27. The Balaban J connectivity index is 2.12. The highest BCUT2D eigenvalue weighted by Crippen LogP contribution is 2.27. The minimum Gasteiger partial charge on any atom is -0.504 e. The van der Waals surface area contributed by atoms with Gasteiger partial charge in [-0.3, -0.25) is 0 Å². The molecule has 1 aromatic rings. The Kier molecular flexibility index (Phi) is 8.11. The molecule has 1 rings (SSSR count). The van der Waals surface area contributed by atoms with E-state index in [1.54, 1.807) is 13.2 Å². The lowest BCUT2D eigenvalue weighted by Crippen LogP contribution is -1.89. The van der Waals surface area contributed by atoms with E-state index in [0.29, 0.717) is 5.75 Å². The van der Waals surface area contributed by atoms with E-state index in [4.69, 9.17) is 4.74 Å². The molecule has 0 radical (unpaired) electrons. The summed E-state index contributed by atoms with van der Waals surface area (Å²) in [6.45, 7) is 2.26. The predicted molar refractivity (Wildman–Crippen MR) is 81.0 cm³/mol. The molecule has 108 valence electrons. The van der Waals surface area contributed by atoms with Gasteiger partial charge in [0.2, 0.25) is 0 Å². The number of methoxy groups -OCH3 is 1. The number of benzene rings is 1. The summed E-state index contributed by atoms with van der Waals surface area (Å²) in [4.78, 5) is 0. The molecule has 2 heteroatoms. The Morgan fingerprint density at radius 3 is 2.21 bits per heavy atom. The molecule has 0 heterocycles. The maximum absolute atomic E-state index is 9.52. The summed E-state index contributed by atoms with van der Waals surface area (Å²) in [7, 11) is 1.59. The van der Waals surface area contributed by atoms with Crippen LogP contribution in [-0.4, -0.2) is 12.2 Å². The minimum atomic E-state index is 0.224. The molecule has 0 fully saturated rings. The van der Waals surface area contributed by atoms with Gasteiger partial charge >= 0.3 is 0 Å². The fraction of sp³-hybridized carbons (Fsp3) is 0.647. The summed E-state index contributed by atoms with van der Waals surface area (Å²) >= 11 is 0. The first-order valence-electron chi connectivity index (χ1n) is 7.63. The number of aryl methyl sites for hydroxylation is 1. The van der Waals surface area contributed by atoms with Crippen molar-refractivity contribution in [2.24, 2.45) is 0 Å². The van der Waals surface area contributed by atoms with E-state index < -0.39 is 0 Å². The standard InChI is InChI=1S/C17H28O2/c1-3-4-5-6-7-8-9-10-11-15-12-13-16(18)17(14-15)19-2/h12-14,18H,3-11H2,1-2H3. The largest absolute Gasteiger partial charge is 0.504 e. The molecule has 0 saturated carbocycles. The molecule has 2 nitrogen and oxygen atoms in total. The normalized spacial score (nSPS) is 10.6. The van der Waals surface area contributed by atoms with E-state index in [9.17, 15) is 5.11 Å². The molecular formula is C17H28O2. The van der Waals surface area contributed by atoms with Crippen LogP contribution in [-0.2, 0) is 6.42 Å². The quantitative estimate of drug-likeness (QED) is 0.597. The molecule has 1 aromatic carbocycles. The van der Waals surface area contributed by atoms with E-state index in [-0.39, 0.29) is 5.75 Å². The molecule has 0 atom stereocenters. The van der Waals surface area contributed by atoms with Crippen LogP contribution in [0.3, 0.4) is 0 Å². The SMILES string of the molecule is CCCCCCCCCCc1ccc(O)c(OC)c1. The Hall–Kier alpha value is -1.18. The Labute approximate surface area is 117 Å². The van der Waals surface area contributed by atoms with Crippen molar-refractivity contribution in [1.29, 1.82) is 0 Å². The Morgan fingerprint density at radius 2 is 1.58 bits per heavy atom. The molecule has 0 aliphatic rings. The summed E-state index contributed by atoms with van der Waals surface area (Å²) in [5.41, 5.74) is 1.25. The van der Waals surface area contributed by atoms with E-state index in [1.807, 2.05) is 12.1 Å². The highest BCUT2D eigenvalue weighted by atomic mass is 16.5.